The van der Waals surface area contributed by atoms with Gasteiger partial charge in [0.25, 0.3) is 0 Å². The molecule has 13 heavy (non-hydrogen) atoms. The summed E-state index contributed by atoms with van der Waals surface area (Å²) in [5, 5.41) is 2.65. The molecule has 1 N–H and O–H groups in total. The van der Waals surface area contributed by atoms with E-state index >= 15 is 0 Å². The summed E-state index contributed by atoms with van der Waals surface area (Å²) < 4.78 is 12.6. The molecule has 0 aliphatic heterocycles. The molecule has 0 bridgehead atoms. The minimum Gasteiger partial charge on any atom is -0.326 e. The van der Waals surface area contributed by atoms with Crippen molar-refractivity contribution in [1.29, 1.82) is 0 Å². The van der Waals surface area contributed by atoms with E-state index in [4.69, 9.17) is 0 Å². The van der Waals surface area contributed by atoms with Crippen LogP contribution in [0.25, 0.3) is 0 Å². The van der Waals surface area contributed by atoms with Crippen LogP contribution in [0.3, 0.4) is 0 Å². The van der Waals surface area contributed by atoms with E-state index in [2.05, 4.69) is 11.4 Å². The molecule has 2 nitrogen and oxygen atoms in total. The van der Waals surface area contributed by atoms with Crippen molar-refractivity contribution < 1.29 is 9.18 Å². The quantitative estimate of drug-likeness (QED) is 0.737. The molecule has 1 aromatic carbocycles. The number of rotatable bonds is 2. The Morgan fingerprint density at radius 1 is 1.62 bits per heavy atom. The number of amides is 1. The smallest absolute Gasteiger partial charge is 0.227 e. The summed E-state index contributed by atoms with van der Waals surface area (Å²) in [6.45, 7) is 0. The molecule has 1 aromatic rings. The first-order valence-corrected chi connectivity index (χ1v) is 4.24. The Balaban J connectivity index is 2.04. The zero-order valence-corrected chi connectivity index (χ0v) is 7.01. The SMILES string of the molecule is O=C(Nc1cc[c]c(F)c1)C1CC1. The third-order valence-electron chi connectivity index (χ3n) is 1.98. The van der Waals surface area contributed by atoms with Crippen molar-refractivity contribution >= 4 is 11.6 Å². The first-order chi connectivity index (χ1) is 6.25. The van der Waals surface area contributed by atoms with Crippen LogP contribution >= 0.6 is 0 Å². The maximum absolute atomic E-state index is 12.6. The first kappa shape index (κ1) is 8.23. The number of anilines is 1. The second-order valence-corrected chi connectivity index (χ2v) is 3.19. The molecule has 0 saturated heterocycles. The normalized spacial score (nSPS) is 15.5. The number of benzene rings is 1. The average molecular weight is 178 g/mol. The molecule has 67 valence electrons. The lowest BCUT2D eigenvalue weighted by atomic mass is 10.3. The second-order valence-electron chi connectivity index (χ2n) is 3.19. The molecule has 0 unspecified atom stereocenters. The molecule has 1 aliphatic rings. The third kappa shape index (κ3) is 2.05. The third-order valence-corrected chi connectivity index (χ3v) is 1.98. The van der Waals surface area contributed by atoms with Crippen molar-refractivity contribution in [3.63, 3.8) is 0 Å². The highest BCUT2D eigenvalue weighted by Gasteiger charge is 2.29. The number of nitrogens with one attached hydrogen (secondary N) is 1. The Morgan fingerprint density at radius 2 is 2.38 bits per heavy atom. The summed E-state index contributed by atoms with van der Waals surface area (Å²) in [5.74, 6) is -0.313. The predicted molar refractivity (Wildman–Crippen MR) is 46.6 cm³/mol. The van der Waals surface area contributed by atoms with Crippen molar-refractivity contribution in [1.82, 2.24) is 0 Å². The highest BCUT2D eigenvalue weighted by Crippen LogP contribution is 2.30. The molecular formula is C10H9FNO. The molecular weight excluding hydrogens is 169 g/mol. The molecule has 0 heterocycles. The Bertz CT molecular complexity index is 333. The van der Waals surface area contributed by atoms with E-state index < -0.39 is 5.82 Å². The zero-order valence-electron chi connectivity index (χ0n) is 7.01. The number of hydrogen-bond acceptors (Lipinski definition) is 1. The second kappa shape index (κ2) is 3.17. The fraction of sp³-hybridized carbons (Fsp3) is 0.300. The van der Waals surface area contributed by atoms with Crippen molar-refractivity contribution in [3.8, 4) is 0 Å². The largest absolute Gasteiger partial charge is 0.326 e. The zero-order chi connectivity index (χ0) is 9.26. The van der Waals surface area contributed by atoms with Gasteiger partial charge in [0.15, 0.2) is 0 Å². The molecule has 0 spiro atoms. The fourth-order valence-corrected chi connectivity index (χ4v) is 1.10. The van der Waals surface area contributed by atoms with Crippen molar-refractivity contribution in [2.75, 3.05) is 5.32 Å². The summed E-state index contributed by atoms with van der Waals surface area (Å²) in [7, 11) is 0. The lowest BCUT2D eigenvalue weighted by Crippen LogP contribution is -2.13. The lowest BCUT2D eigenvalue weighted by Gasteiger charge is -2.02. The van der Waals surface area contributed by atoms with E-state index in [1.54, 1.807) is 6.07 Å². The topological polar surface area (TPSA) is 29.1 Å². The summed E-state index contributed by atoms with van der Waals surface area (Å²) in [6, 6.07) is 6.72. The van der Waals surface area contributed by atoms with Crippen LogP contribution in [0.2, 0.25) is 0 Å². The van der Waals surface area contributed by atoms with Gasteiger partial charge >= 0.3 is 0 Å². The number of carbonyl (C=O) groups is 1. The standard InChI is InChI=1S/C10H9FNO/c11-8-2-1-3-9(6-8)12-10(13)7-4-5-7/h1,3,6-7H,4-5H2,(H,12,13). The van der Waals surface area contributed by atoms with E-state index in [9.17, 15) is 9.18 Å². The van der Waals surface area contributed by atoms with Gasteiger partial charge in [-0.2, -0.15) is 0 Å². The number of hydrogen-bond donors (Lipinski definition) is 1. The molecule has 3 heteroatoms. The van der Waals surface area contributed by atoms with Crippen LogP contribution in [0.15, 0.2) is 18.2 Å². The maximum atomic E-state index is 12.6. The summed E-state index contributed by atoms with van der Waals surface area (Å²) in [5.41, 5.74) is 0.508. The van der Waals surface area contributed by atoms with Crippen molar-refractivity contribution in [3.05, 3.63) is 30.1 Å². The Kier molecular flexibility index (Phi) is 2.00. The van der Waals surface area contributed by atoms with Crippen LogP contribution in [0.1, 0.15) is 12.8 Å². The first-order valence-electron chi connectivity index (χ1n) is 4.24. The Morgan fingerprint density at radius 3 is 3.00 bits per heavy atom. The van der Waals surface area contributed by atoms with Gasteiger partial charge in [-0.05, 0) is 31.0 Å². The Labute approximate surface area is 75.8 Å². The molecule has 0 aromatic heterocycles. The van der Waals surface area contributed by atoms with Crippen LogP contribution < -0.4 is 5.32 Å². The van der Waals surface area contributed by atoms with Gasteiger partial charge in [-0.15, -0.1) is 0 Å². The van der Waals surface area contributed by atoms with Crippen molar-refractivity contribution in [2.24, 2.45) is 5.92 Å². The van der Waals surface area contributed by atoms with E-state index in [0.717, 1.165) is 12.8 Å². The van der Waals surface area contributed by atoms with Gasteiger partial charge in [0.2, 0.25) is 5.91 Å². The number of halogens is 1. The van der Waals surface area contributed by atoms with Gasteiger partial charge in [0.1, 0.15) is 5.82 Å². The minimum atomic E-state index is -0.450. The highest BCUT2D eigenvalue weighted by atomic mass is 19.1. The van der Waals surface area contributed by atoms with Crippen LogP contribution in [0, 0.1) is 17.8 Å². The molecule has 1 radical (unpaired) electrons. The Hall–Kier alpha value is -1.38. The molecule has 1 aliphatic carbocycles. The maximum Gasteiger partial charge on any atom is 0.227 e. The van der Waals surface area contributed by atoms with Gasteiger partial charge in [0.05, 0.1) is 0 Å². The molecule has 0 atom stereocenters. The van der Waals surface area contributed by atoms with Gasteiger partial charge in [-0.3, -0.25) is 4.79 Å². The van der Waals surface area contributed by atoms with E-state index in [1.807, 2.05) is 0 Å². The summed E-state index contributed by atoms with van der Waals surface area (Å²) in [4.78, 5) is 11.2. The van der Waals surface area contributed by atoms with E-state index in [1.165, 1.54) is 12.1 Å². The number of carbonyl (C=O) groups excluding carboxylic acids is 1. The van der Waals surface area contributed by atoms with E-state index in [0.29, 0.717) is 5.69 Å². The van der Waals surface area contributed by atoms with Gasteiger partial charge in [-0.25, -0.2) is 4.39 Å². The summed E-state index contributed by atoms with van der Waals surface area (Å²) >= 11 is 0. The molecule has 1 amide bonds. The van der Waals surface area contributed by atoms with Crippen LogP contribution in [0.5, 0.6) is 0 Å². The van der Waals surface area contributed by atoms with Crippen LogP contribution in [0.4, 0.5) is 10.1 Å². The van der Waals surface area contributed by atoms with Crippen LogP contribution in [-0.4, -0.2) is 5.91 Å². The van der Waals surface area contributed by atoms with E-state index in [-0.39, 0.29) is 11.8 Å². The van der Waals surface area contributed by atoms with Crippen LogP contribution in [-0.2, 0) is 4.79 Å². The monoisotopic (exact) mass is 178 g/mol. The average Bonchev–Trinajstić information content (AvgIpc) is 2.85. The van der Waals surface area contributed by atoms with Crippen molar-refractivity contribution in [2.45, 2.75) is 12.8 Å². The minimum absolute atomic E-state index is 0.00870. The van der Waals surface area contributed by atoms with Gasteiger partial charge in [-0.1, -0.05) is 0 Å². The molecule has 2 rings (SSSR count). The summed E-state index contributed by atoms with van der Waals surface area (Å²) in [6.07, 6.45) is 1.90. The van der Waals surface area contributed by atoms with Gasteiger partial charge in [0, 0.05) is 17.7 Å². The fourth-order valence-electron chi connectivity index (χ4n) is 1.10. The highest BCUT2D eigenvalue weighted by molar-refractivity contribution is 5.93. The molecule has 1 saturated carbocycles. The van der Waals surface area contributed by atoms with Gasteiger partial charge < -0.3 is 5.32 Å². The predicted octanol–water partition coefficient (Wildman–Crippen LogP) is 1.97. The lowest BCUT2D eigenvalue weighted by molar-refractivity contribution is -0.117. The molecule has 1 fully saturated rings.